The number of carbonyl (C=O) groups excluding carboxylic acids is 1. The molecule has 15 heavy (non-hydrogen) atoms. The molecule has 1 atom stereocenters. The minimum Gasteiger partial charge on any atom is -0.465 e. The molecule has 0 radical (unpaired) electrons. The molecule has 0 aliphatic carbocycles. The highest BCUT2D eigenvalue weighted by atomic mass is 16.5. The van der Waals surface area contributed by atoms with Gasteiger partial charge in [0.1, 0.15) is 6.04 Å². The van der Waals surface area contributed by atoms with Gasteiger partial charge in [-0.2, -0.15) is 0 Å². The van der Waals surface area contributed by atoms with Gasteiger partial charge in [-0.3, -0.25) is 9.69 Å². The van der Waals surface area contributed by atoms with E-state index in [0.717, 1.165) is 32.4 Å². The summed E-state index contributed by atoms with van der Waals surface area (Å²) >= 11 is 0. The Morgan fingerprint density at radius 1 is 1.47 bits per heavy atom. The molecule has 1 heterocycles. The largest absolute Gasteiger partial charge is 0.465 e. The summed E-state index contributed by atoms with van der Waals surface area (Å²) < 4.78 is 5.07. The number of nitrogens with zero attached hydrogens (tertiary/aromatic N) is 1. The molecule has 86 valence electrons. The van der Waals surface area contributed by atoms with Gasteiger partial charge in [-0.15, -0.1) is 0 Å². The van der Waals surface area contributed by atoms with Crippen molar-refractivity contribution >= 4 is 5.97 Å². The Labute approximate surface area is 92.1 Å². The SMILES string of the molecule is C=C1CCN([C@H](CC)C(=O)OCC)CC1. The van der Waals surface area contributed by atoms with E-state index in [2.05, 4.69) is 11.5 Å². The van der Waals surface area contributed by atoms with Crippen LogP contribution in [0.4, 0.5) is 0 Å². The Kier molecular flexibility index (Phi) is 4.82. The zero-order chi connectivity index (χ0) is 11.3. The van der Waals surface area contributed by atoms with E-state index in [-0.39, 0.29) is 12.0 Å². The number of piperidine rings is 1. The van der Waals surface area contributed by atoms with Crippen LogP contribution in [0.15, 0.2) is 12.2 Å². The Morgan fingerprint density at radius 2 is 2.07 bits per heavy atom. The van der Waals surface area contributed by atoms with Crippen molar-refractivity contribution in [1.29, 1.82) is 0 Å². The lowest BCUT2D eigenvalue weighted by Gasteiger charge is -2.33. The van der Waals surface area contributed by atoms with E-state index in [9.17, 15) is 4.79 Å². The fourth-order valence-corrected chi connectivity index (χ4v) is 1.96. The first-order valence-electron chi connectivity index (χ1n) is 5.76. The summed E-state index contributed by atoms with van der Waals surface area (Å²) in [6.07, 6.45) is 2.84. The summed E-state index contributed by atoms with van der Waals surface area (Å²) in [5, 5.41) is 0. The zero-order valence-electron chi connectivity index (χ0n) is 9.79. The Balaban J connectivity index is 2.50. The third-order valence-electron chi connectivity index (χ3n) is 2.89. The van der Waals surface area contributed by atoms with Crippen molar-refractivity contribution in [2.45, 2.75) is 39.2 Å². The topological polar surface area (TPSA) is 29.5 Å². The van der Waals surface area contributed by atoms with Gasteiger partial charge in [0.25, 0.3) is 0 Å². The van der Waals surface area contributed by atoms with Gasteiger partial charge in [0.05, 0.1) is 6.61 Å². The first-order valence-corrected chi connectivity index (χ1v) is 5.76. The molecule has 1 aliphatic heterocycles. The summed E-state index contributed by atoms with van der Waals surface area (Å²) in [5.41, 5.74) is 1.30. The molecule has 0 aromatic rings. The quantitative estimate of drug-likeness (QED) is 0.526. The third kappa shape index (κ3) is 3.34. The van der Waals surface area contributed by atoms with Crippen molar-refractivity contribution in [3.63, 3.8) is 0 Å². The summed E-state index contributed by atoms with van der Waals surface area (Å²) in [4.78, 5) is 13.9. The molecule has 1 rings (SSSR count). The van der Waals surface area contributed by atoms with Gasteiger partial charge in [0.2, 0.25) is 0 Å². The fourth-order valence-electron chi connectivity index (χ4n) is 1.96. The molecule has 1 saturated heterocycles. The predicted molar refractivity (Wildman–Crippen MR) is 60.7 cm³/mol. The Morgan fingerprint density at radius 3 is 2.53 bits per heavy atom. The maximum atomic E-state index is 11.7. The second kappa shape index (κ2) is 5.91. The number of ether oxygens (including phenoxy) is 1. The van der Waals surface area contributed by atoms with Crippen molar-refractivity contribution in [1.82, 2.24) is 4.90 Å². The van der Waals surface area contributed by atoms with Crippen molar-refractivity contribution in [3.05, 3.63) is 12.2 Å². The molecule has 1 aliphatic rings. The van der Waals surface area contributed by atoms with Crippen LogP contribution in [0.3, 0.4) is 0 Å². The molecule has 3 heteroatoms. The fraction of sp³-hybridized carbons (Fsp3) is 0.750. The van der Waals surface area contributed by atoms with Crippen LogP contribution in [-0.2, 0) is 9.53 Å². The number of hydrogen-bond donors (Lipinski definition) is 0. The highest BCUT2D eigenvalue weighted by Gasteiger charge is 2.27. The van der Waals surface area contributed by atoms with Crippen LogP contribution in [0.25, 0.3) is 0 Å². The van der Waals surface area contributed by atoms with Crippen LogP contribution in [0.2, 0.25) is 0 Å². The zero-order valence-corrected chi connectivity index (χ0v) is 9.79. The standard InChI is InChI=1S/C12H21NO2/c1-4-11(12(14)15-5-2)13-8-6-10(3)7-9-13/h11H,3-9H2,1-2H3/t11-/m1/s1. The number of hydrogen-bond acceptors (Lipinski definition) is 3. The van der Waals surface area contributed by atoms with Gasteiger partial charge >= 0.3 is 5.97 Å². The van der Waals surface area contributed by atoms with Gasteiger partial charge < -0.3 is 4.74 Å². The average molecular weight is 211 g/mol. The molecule has 0 aromatic carbocycles. The van der Waals surface area contributed by atoms with Crippen molar-refractivity contribution in [3.8, 4) is 0 Å². The highest BCUT2D eigenvalue weighted by molar-refractivity contribution is 5.75. The predicted octanol–water partition coefficient (Wildman–Crippen LogP) is 1.98. The monoisotopic (exact) mass is 211 g/mol. The summed E-state index contributed by atoms with van der Waals surface area (Å²) in [5.74, 6) is -0.0764. The molecule has 0 amide bonds. The summed E-state index contributed by atoms with van der Waals surface area (Å²) in [6.45, 7) is 10.2. The van der Waals surface area contributed by atoms with Gasteiger partial charge in [-0.05, 0) is 26.2 Å². The Hall–Kier alpha value is -0.830. The van der Waals surface area contributed by atoms with Crippen LogP contribution in [0, 0.1) is 0 Å². The molecule has 0 unspecified atom stereocenters. The second-order valence-corrected chi connectivity index (χ2v) is 3.96. The summed E-state index contributed by atoms with van der Waals surface area (Å²) in [6, 6.07) is -0.0574. The first-order chi connectivity index (χ1) is 7.19. The maximum Gasteiger partial charge on any atom is 0.323 e. The molecule has 3 nitrogen and oxygen atoms in total. The normalized spacial score (nSPS) is 20.0. The van der Waals surface area contributed by atoms with E-state index in [1.54, 1.807) is 0 Å². The van der Waals surface area contributed by atoms with Crippen molar-refractivity contribution in [2.24, 2.45) is 0 Å². The molecular formula is C12H21NO2. The van der Waals surface area contributed by atoms with Gasteiger partial charge in [-0.25, -0.2) is 0 Å². The van der Waals surface area contributed by atoms with Gasteiger partial charge in [0, 0.05) is 13.1 Å². The van der Waals surface area contributed by atoms with E-state index in [1.165, 1.54) is 5.57 Å². The average Bonchev–Trinajstić information content (AvgIpc) is 2.22. The van der Waals surface area contributed by atoms with Crippen molar-refractivity contribution in [2.75, 3.05) is 19.7 Å². The molecule has 0 bridgehead atoms. The molecule has 0 N–H and O–H groups in total. The lowest BCUT2D eigenvalue weighted by molar-refractivity contribution is -0.149. The third-order valence-corrected chi connectivity index (χ3v) is 2.89. The van der Waals surface area contributed by atoms with Crippen LogP contribution in [0.1, 0.15) is 33.1 Å². The summed E-state index contributed by atoms with van der Waals surface area (Å²) in [7, 11) is 0. The number of carbonyl (C=O) groups is 1. The minimum atomic E-state index is -0.0764. The van der Waals surface area contributed by atoms with Crippen LogP contribution in [0.5, 0.6) is 0 Å². The lowest BCUT2D eigenvalue weighted by atomic mass is 10.0. The number of esters is 1. The van der Waals surface area contributed by atoms with Crippen molar-refractivity contribution < 1.29 is 9.53 Å². The second-order valence-electron chi connectivity index (χ2n) is 3.96. The van der Waals surface area contributed by atoms with E-state index in [1.807, 2.05) is 13.8 Å². The van der Waals surface area contributed by atoms with E-state index < -0.39 is 0 Å². The number of likely N-dealkylation sites (tertiary alicyclic amines) is 1. The lowest BCUT2D eigenvalue weighted by Crippen LogP contribution is -2.44. The van der Waals surface area contributed by atoms with E-state index in [4.69, 9.17) is 4.74 Å². The first kappa shape index (κ1) is 12.2. The van der Waals surface area contributed by atoms with Crippen LogP contribution < -0.4 is 0 Å². The van der Waals surface area contributed by atoms with Crippen LogP contribution >= 0.6 is 0 Å². The van der Waals surface area contributed by atoms with Gasteiger partial charge in [-0.1, -0.05) is 19.1 Å². The molecule has 0 spiro atoms. The molecule has 0 saturated carbocycles. The Bertz CT molecular complexity index is 228. The molecule has 1 fully saturated rings. The minimum absolute atomic E-state index is 0.0574. The van der Waals surface area contributed by atoms with E-state index >= 15 is 0 Å². The maximum absolute atomic E-state index is 11.7. The van der Waals surface area contributed by atoms with Gasteiger partial charge in [0.15, 0.2) is 0 Å². The van der Waals surface area contributed by atoms with E-state index in [0.29, 0.717) is 6.61 Å². The number of rotatable bonds is 4. The smallest absolute Gasteiger partial charge is 0.323 e. The highest BCUT2D eigenvalue weighted by Crippen LogP contribution is 2.18. The van der Waals surface area contributed by atoms with Crippen LogP contribution in [-0.4, -0.2) is 36.6 Å². The molecular weight excluding hydrogens is 190 g/mol. The molecule has 0 aromatic heterocycles.